The maximum absolute atomic E-state index is 12.3. The van der Waals surface area contributed by atoms with Crippen LogP contribution in [-0.2, 0) is 9.59 Å². The Morgan fingerprint density at radius 3 is 2.85 bits per heavy atom. The summed E-state index contributed by atoms with van der Waals surface area (Å²) in [5.41, 5.74) is 5.55. The van der Waals surface area contributed by atoms with Crippen LogP contribution in [0.1, 0.15) is 18.1 Å². The van der Waals surface area contributed by atoms with Crippen LogP contribution in [0.5, 0.6) is 11.5 Å². The van der Waals surface area contributed by atoms with Crippen LogP contribution in [0.4, 0.5) is 5.69 Å². The van der Waals surface area contributed by atoms with Gasteiger partial charge in [0.15, 0.2) is 6.61 Å². The van der Waals surface area contributed by atoms with E-state index >= 15 is 0 Å². The lowest BCUT2D eigenvalue weighted by Gasteiger charge is -2.28. The number of ether oxygens (including phenoxy) is 2. The van der Waals surface area contributed by atoms with Crippen molar-refractivity contribution >= 4 is 23.2 Å². The second kappa shape index (κ2) is 7.90. The minimum absolute atomic E-state index is 0.0902. The van der Waals surface area contributed by atoms with Gasteiger partial charge in [0.25, 0.3) is 11.8 Å². The van der Waals surface area contributed by atoms with Gasteiger partial charge in [0.1, 0.15) is 18.0 Å². The highest BCUT2D eigenvalue weighted by Crippen LogP contribution is 2.31. The number of para-hydroxylation sites is 2. The summed E-state index contributed by atoms with van der Waals surface area (Å²) in [6, 6.07) is 12.8. The smallest absolute Gasteiger partial charge is 0.265 e. The van der Waals surface area contributed by atoms with Crippen LogP contribution < -0.4 is 19.8 Å². The molecule has 7 nitrogen and oxygen atoms in total. The van der Waals surface area contributed by atoms with E-state index in [-0.39, 0.29) is 19.1 Å². The van der Waals surface area contributed by atoms with E-state index in [9.17, 15) is 9.59 Å². The number of hydrogen-bond acceptors (Lipinski definition) is 5. The number of methoxy groups -OCH3 is 1. The Morgan fingerprint density at radius 1 is 1.30 bits per heavy atom. The van der Waals surface area contributed by atoms with Gasteiger partial charge in [0.05, 0.1) is 18.5 Å². The number of hydrazone groups is 1. The average Bonchev–Trinajstić information content (AvgIpc) is 2.68. The zero-order chi connectivity index (χ0) is 19.4. The molecular formula is C20H21N3O4. The maximum atomic E-state index is 12.3. The zero-order valence-corrected chi connectivity index (χ0v) is 15.5. The summed E-state index contributed by atoms with van der Waals surface area (Å²) in [6.07, 6.45) is 0. The van der Waals surface area contributed by atoms with Crippen LogP contribution in [0.2, 0.25) is 0 Å². The van der Waals surface area contributed by atoms with Crippen molar-refractivity contribution in [2.24, 2.45) is 5.10 Å². The molecule has 1 heterocycles. The highest BCUT2D eigenvalue weighted by atomic mass is 16.5. The van der Waals surface area contributed by atoms with E-state index in [1.807, 2.05) is 31.2 Å². The number of nitrogens with one attached hydrogen (secondary N) is 1. The molecule has 0 aromatic heterocycles. The minimum atomic E-state index is -0.397. The van der Waals surface area contributed by atoms with Crippen LogP contribution in [0.25, 0.3) is 0 Å². The topological polar surface area (TPSA) is 80.2 Å². The van der Waals surface area contributed by atoms with Crippen LogP contribution >= 0.6 is 0 Å². The molecule has 0 fully saturated rings. The molecule has 140 valence electrons. The van der Waals surface area contributed by atoms with Crippen molar-refractivity contribution in [1.82, 2.24) is 5.43 Å². The van der Waals surface area contributed by atoms with Gasteiger partial charge in [-0.3, -0.25) is 14.5 Å². The standard InChI is InChI=1S/C20H21N3O4/c1-13-8-9-17(26-3)15(10-13)14(2)21-22-19(24)11-23-16-6-4-5-7-18(16)27-12-20(23)25/h4-10H,11-12H2,1-3H3,(H,22,24)/b21-14-. The van der Waals surface area contributed by atoms with E-state index in [0.29, 0.717) is 22.9 Å². The molecule has 7 heteroatoms. The maximum Gasteiger partial charge on any atom is 0.265 e. The van der Waals surface area contributed by atoms with Gasteiger partial charge in [0, 0.05) is 5.56 Å². The Labute approximate surface area is 157 Å². The largest absolute Gasteiger partial charge is 0.496 e. The summed E-state index contributed by atoms with van der Waals surface area (Å²) >= 11 is 0. The number of nitrogens with zero attached hydrogens (tertiary/aromatic N) is 2. The molecule has 0 atom stereocenters. The fourth-order valence-electron chi connectivity index (χ4n) is 2.82. The lowest BCUT2D eigenvalue weighted by atomic mass is 10.1. The fourth-order valence-corrected chi connectivity index (χ4v) is 2.82. The third kappa shape index (κ3) is 4.08. The molecular weight excluding hydrogens is 346 g/mol. The van der Waals surface area contributed by atoms with Gasteiger partial charge in [-0.25, -0.2) is 5.43 Å². The molecule has 0 radical (unpaired) electrons. The monoisotopic (exact) mass is 367 g/mol. The van der Waals surface area contributed by atoms with Gasteiger partial charge < -0.3 is 9.47 Å². The number of amides is 2. The Morgan fingerprint density at radius 2 is 2.07 bits per heavy atom. The normalized spacial score (nSPS) is 13.7. The van der Waals surface area contributed by atoms with E-state index < -0.39 is 5.91 Å². The molecule has 1 aliphatic heterocycles. The number of fused-ring (bicyclic) bond motifs is 1. The van der Waals surface area contributed by atoms with Gasteiger partial charge in [-0.15, -0.1) is 0 Å². The van der Waals surface area contributed by atoms with E-state index in [0.717, 1.165) is 11.1 Å². The van der Waals surface area contributed by atoms with Crippen molar-refractivity contribution < 1.29 is 19.1 Å². The SMILES string of the molecule is COc1ccc(C)cc1/C(C)=N\NC(=O)CN1C(=O)COc2ccccc21. The summed E-state index contributed by atoms with van der Waals surface area (Å²) in [4.78, 5) is 25.9. The summed E-state index contributed by atoms with van der Waals surface area (Å²) in [5, 5.41) is 4.16. The number of anilines is 1. The molecule has 0 aliphatic carbocycles. The first-order valence-electron chi connectivity index (χ1n) is 8.50. The predicted molar refractivity (Wildman–Crippen MR) is 102 cm³/mol. The van der Waals surface area contributed by atoms with Crippen LogP contribution in [-0.4, -0.2) is 37.8 Å². The van der Waals surface area contributed by atoms with Crippen molar-refractivity contribution in [3.8, 4) is 11.5 Å². The Balaban J connectivity index is 1.72. The fraction of sp³-hybridized carbons (Fsp3) is 0.250. The van der Waals surface area contributed by atoms with E-state index in [1.165, 1.54) is 4.90 Å². The third-order valence-corrected chi connectivity index (χ3v) is 4.20. The lowest BCUT2D eigenvalue weighted by molar-refractivity contribution is -0.125. The molecule has 1 N–H and O–H groups in total. The van der Waals surface area contributed by atoms with E-state index in [4.69, 9.17) is 9.47 Å². The van der Waals surface area contributed by atoms with E-state index in [2.05, 4.69) is 10.5 Å². The third-order valence-electron chi connectivity index (χ3n) is 4.20. The second-order valence-electron chi connectivity index (χ2n) is 6.17. The average molecular weight is 367 g/mol. The lowest BCUT2D eigenvalue weighted by Crippen LogP contribution is -2.44. The van der Waals surface area contributed by atoms with Crippen molar-refractivity contribution in [2.75, 3.05) is 25.2 Å². The van der Waals surface area contributed by atoms with Gasteiger partial charge in [-0.1, -0.05) is 23.8 Å². The molecule has 2 amide bonds. The predicted octanol–water partition coefficient (Wildman–Crippen LogP) is 2.27. The molecule has 0 saturated carbocycles. The van der Waals surface area contributed by atoms with Gasteiger partial charge in [-0.2, -0.15) is 5.10 Å². The summed E-state index contributed by atoms with van der Waals surface area (Å²) in [6.45, 7) is 3.52. The van der Waals surface area contributed by atoms with Crippen molar-refractivity contribution in [2.45, 2.75) is 13.8 Å². The molecule has 2 aromatic carbocycles. The van der Waals surface area contributed by atoms with Crippen molar-refractivity contribution in [1.29, 1.82) is 0 Å². The molecule has 27 heavy (non-hydrogen) atoms. The van der Waals surface area contributed by atoms with Gasteiger partial charge in [-0.05, 0) is 38.1 Å². The minimum Gasteiger partial charge on any atom is -0.496 e. The van der Waals surface area contributed by atoms with Crippen LogP contribution in [0, 0.1) is 6.92 Å². The first-order chi connectivity index (χ1) is 13.0. The molecule has 1 aliphatic rings. The van der Waals surface area contributed by atoms with Crippen molar-refractivity contribution in [3.05, 3.63) is 53.6 Å². The Bertz CT molecular complexity index is 908. The second-order valence-corrected chi connectivity index (χ2v) is 6.17. The van der Waals surface area contributed by atoms with Crippen molar-refractivity contribution in [3.63, 3.8) is 0 Å². The molecule has 0 saturated heterocycles. The van der Waals surface area contributed by atoms with Crippen LogP contribution in [0.15, 0.2) is 47.6 Å². The summed E-state index contributed by atoms with van der Waals surface area (Å²) in [7, 11) is 1.58. The molecule has 0 bridgehead atoms. The molecule has 2 aromatic rings. The quantitative estimate of drug-likeness (QED) is 0.649. The number of carbonyl (C=O) groups excluding carboxylic acids is 2. The number of rotatable bonds is 5. The number of aryl methyl sites for hydroxylation is 1. The Kier molecular flexibility index (Phi) is 5.40. The molecule has 0 unspecified atom stereocenters. The first kappa shape index (κ1) is 18.4. The summed E-state index contributed by atoms with van der Waals surface area (Å²) in [5.74, 6) is 0.582. The van der Waals surface area contributed by atoms with E-state index in [1.54, 1.807) is 32.2 Å². The Hall–Kier alpha value is -3.35. The van der Waals surface area contributed by atoms with Gasteiger partial charge in [0.2, 0.25) is 0 Å². The summed E-state index contributed by atoms with van der Waals surface area (Å²) < 4.78 is 10.7. The number of carbonyl (C=O) groups is 2. The highest BCUT2D eigenvalue weighted by molar-refractivity contribution is 6.03. The number of benzene rings is 2. The zero-order valence-electron chi connectivity index (χ0n) is 15.5. The first-order valence-corrected chi connectivity index (χ1v) is 8.50. The molecule has 3 rings (SSSR count). The molecule has 0 spiro atoms. The van der Waals surface area contributed by atoms with Crippen LogP contribution in [0.3, 0.4) is 0 Å². The highest BCUT2D eigenvalue weighted by Gasteiger charge is 2.26. The number of hydrogen-bond donors (Lipinski definition) is 1. The van der Waals surface area contributed by atoms with Gasteiger partial charge >= 0.3 is 0 Å².